The van der Waals surface area contributed by atoms with Crippen molar-refractivity contribution in [3.8, 4) is 5.75 Å². The van der Waals surface area contributed by atoms with E-state index in [4.69, 9.17) is 4.74 Å². The molecule has 0 fully saturated rings. The second kappa shape index (κ2) is 5.89. The summed E-state index contributed by atoms with van der Waals surface area (Å²) in [5.41, 5.74) is 3.23. The summed E-state index contributed by atoms with van der Waals surface area (Å²) in [6, 6.07) is 11.5. The lowest BCUT2D eigenvalue weighted by Gasteiger charge is -2.05. The number of aromatic nitrogens is 2. The van der Waals surface area contributed by atoms with Gasteiger partial charge in [0.15, 0.2) is 0 Å². The maximum atomic E-state index is 12.2. The molecule has 0 aliphatic rings. The third-order valence-electron chi connectivity index (χ3n) is 3.50. The highest BCUT2D eigenvalue weighted by Gasteiger charge is 2.11. The zero-order valence-corrected chi connectivity index (χ0v) is 12.5. The molecule has 0 saturated heterocycles. The summed E-state index contributed by atoms with van der Waals surface area (Å²) >= 11 is 0. The van der Waals surface area contributed by atoms with Gasteiger partial charge in [0.2, 0.25) is 0 Å². The number of amides is 1. The normalized spacial score (nSPS) is 10.6. The van der Waals surface area contributed by atoms with Gasteiger partial charge in [-0.2, -0.15) is 0 Å². The molecule has 5 nitrogen and oxygen atoms in total. The van der Waals surface area contributed by atoms with E-state index in [9.17, 15) is 4.79 Å². The van der Waals surface area contributed by atoms with Gasteiger partial charge in [-0.05, 0) is 36.2 Å². The van der Waals surface area contributed by atoms with Crippen LogP contribution < -0.4 is 10.1 Å². The van der Waals surface area contributed by atoms with E-state index in [0.717, 1.165) is 22.5 Å². The Morgan fingerprint density at radius 2 is 2.18 bits per heavy atom. The first kappa shape index (κ1) is 14.1. The van der Waals surface area contributed by atoms with Crippen molar-refractivity contribution in [3.05, 3.63) is 65.6 Å². The molecule has 112 valence electrons. The highest BCUT2D eigenvalue weighted by Crippen LogP contribution is 2.13. The Kier molecular flexibility index (Phi) is 3.78. The van der Waals surface area contributed by atoms with Gasteiger partial charge < -0.3 is 14.5 Å². The number of imidazole rings is 1. The van der Waals surface area contributed by atoms with Gasteiger partial charge >= 0.3 is 0 Å². The van der Waals surface area contributed by atoms with Crippen molar-refractivity contribution in [1.29, 1.82) is 0 Å². The molecule has 5 heteroatoms. The Morgan fingerprint density at radius 3 is 2.95 bits per heavy atom. The van der Waals surface area contributed by atoms with Crippen LogP contribution in [0.3, 0.4) is 0 Å². The number of nitrogens with zero attached hydrogens (tertiary/aromatic N) is 2. The molecule has 0 radical (unpaired) electrons. The molecule has 3 aromatic rings. The van der Waals surface area contributed by atoms with Gasteiger partial charge in [-0.1, -0.05) is 18.2 Å². The second-order valence-electron chi connectivity index (χ2n) is 5.08. The van der Waals surface area contributed by atoms with E-state index >= 15 is 0 Å². The first-order valence-electron chi connectivity index (χ1n) is 7.03. The fourth-order valence-electron chi connectivity index (χ4n) is 2.32. The van der Waals surface area contributed by atoms with Crippen LogP contribution in [0.15, 0.2) is 48.8 Å². The molecule has 0 unspecified atom stereocenters. The number of hydrogen-bond donors (Lipinski definition) is 1. The van der Waals surface area contributed by atoms with E-state index in [0.29, 0.717) is 12.2 Å². The molecule has 2 aromatic heterocycles. The average molecular weight is 295 g/mol. The van der Waals surface area contributed by atoms with E-state index < -0.39 is 0 Å². The largest absolute Gasteiger partial charge is 0.497 e. The number of methoxy groups -OCH3 is 1. The number of rotatable bonds is 4. The highest BCUT2D eigenvalue weighted by molar-refractivity contribution is 5.92. The highest BCUT2D eigenvalue weighted by atomic mass is 16.5. The lowest BCUT2D eigenvalue weighted by atomic mass is 10.2. The number of pyridine rings is 1. The lowest BCUT2D eigenvalue weighted by Crippen LogP contribution is -2.23. The van der Waals surface area contributed by atoms with Crippen LogP contribution >= 0.6 is 0 Å². The number of carbonyl (C=O) groups is 1. The van der Waals surface area contributed by atoms with Gasteiger partial charge in [0.25, 0.3) is 5.91 Å². The molecule has 3 rings (SSSR count). The van der Waals surface area contributed by atoms with E-state index in [-0.39, 0.29) is 5.91 Å². The third-order valence-corrected chi connectivity index (χ3v) is 3.50. The zero-order chi connectivity index (χ0) is 15.5. The summed E-state index contributed by atoms with van der Waals surface area (Å²) < 4.78 is 7.03. The number of benzene rings is 1. The minimum atomic E-state index is -0.189. The summed E-state index contributed by atoms with van der Waals surface area (Å²) in [6.07, 6.45) is 3.62. The fourth-order valence-corrected chi connectivity index (χ4v) is 2.32. The molecule has 0 aliphatic heterocycles. The molecule has 2 heterocycles. The molecule has 1 amide bonds. The number of hydrogen-bond acceptors (Lipinski definition) is 3. The van der Waals surface area contributed by atoms with Gasteiger partial charge in [-0.3, -0.25) is 4.79 Å². The van der Waals surface area contributed by atoms with Crippen LogP contribution in [0.25, 0.3) is 5.65 Å². The number of aryl methyl sites for hydroxylation is 1. The minimum absolute atomic E-state index is 0.189. The summed E-state index contributed by atoms with van der Waals surface area (Å²) in [7, 11) is 1.62. The molecule has 1 N–H and O–H groups in total. The number of fused-ring (bicyclic) bond motifs is 1. The Balaban J connectivity index is 1.74. The fraction of sp³-hybridized carbons (Fsp3) is 0.176. The minimum Gasteiger partial charge on any atom is -0.497 e. The van der Waals surface area contributed by atoms with Gasteiger partial charge in [-0.25, -0.2) is 4.98 Å². The van der Waals surface area contributed by atoms with Gasteiger partial charge in [0, 0.05) is 18.9 Å². The maximum absolute atomic E-state index is 12.2. The van der Waals surface area contributed by atoms with Crippen LogP contribution in [0.5, 0.6) is 5.75 Å². The van der Waals surface area contributed by atoms with E-state index in [1.807, 2.05) is 53.9 Å². The Labute approximate surface area is 128 Å². The second-order valence-corrected chi connectivity index (χ2v) is 5.08. The number of ether oxygens (including phenoxy) is 1. The van der Waals surface area contributed by atoms with Crippen molar-refractivity contribution in [3.63, 3.8) is 0 Å². The van der Waals surface area contributed by atoms with E-state index in [1.54, 1.807) is 13.3 Å². The van der Waals surface area contributed by atoms with Crippen LogP contribution in [0.1, 0.15) is 21.6 Å². The summed E-state index contributed by atoms with van der Waals surface area (Å²) in [5.74, 6) is 0.584. The lowest BCUT2D eigenvalue weighted by molar-refractivity contribution is 0.0946. The SMILES string of the molecule is COc1cccc(CNC(=O)c2cn3cccc(C)c3n2)c1. The van der Waals surface area contributed by atoms with Crippen molar-refractivity contribution < 1.29 is 9.53 Å². The Morgan fingerprint density at radius 1 is 1.32 bits per heavy atom. The van der Waals surface area contributed by atoms with Crippen LogP contribution in [0.4, 0.5) is 0 Å². The topological polar surface area (TPSA) is 55.6 Å². The Bertz CT molecular complexity index is 824. The van der Waals surface area contributed by atoms with Crippen molar-refractivity contribution in [2.75, 3.05) is 7.11 Å². The summed E-state index contributed by atoms with van der Waals surface area (Å²) in [6.45, 7) is 2.41. The average Bonchev–Trinajstić information content (AvgIpc) is 2.98. The summed E-state index contributed by atoms with van der Waals surface area (Å²) in [4.78, 5) is 16.6. The monoisotopic (exact) mass is 295 g/mol. The maximum Gasteiger partial charge on any atom is 0.271 e. The molecule has 1 aromatic carbocycles. The van der Waals surface area contributed by atoms with Crippen molar-refractivity contribution in [2.24, 2.45) is 0 Å². The smallest absolute Gasteiger partial charge is 0.271 e. The molecule has 0 spiro atoms. The number of carbonyl (C=O) groups excluding carboxylic acids is 1. The van der Waals surface area contributed by atoms with Crippen LogP contribution in [0, 0.1) is 6.92 Å². The molecular formula is C17H17N3O2. The van der Waals surface area contributed by atoms with Crippen molar-refractivity contribution in [2.45, 2.75) is 13.5 Å². The van der Waals surface area contributed by atoms with Gasteiger partial charge in [-0.15, -0.1) is 0 Å². The molecule has 0 saturated carbocycles. The standard InChI is InChI=1S/C17H17N3O2/c1-12-5-4-8-20-11-15(19-16(12)20)17(21)18-10-13-6-3-7-14(9-13)22-2/h3-9,11H,10H2,1-2H3,(H,18,21). The zero-order valence-electron chi connectivity index (χ0n) is 12.5. The summed E-state index contributed by atoms with van der Waals surface area (Å²) in [5, 5.41) is 2.88. The predicted octanol–water partition coefficient (Wildman–Crippen LogP) is 2.58. The quantitative estimate of drug-likeness (QED) is 0.805. The van der Waals surface area contributed by atoms with Crippen LogP contribution in [-0.4, -0.2) is 22.4 Å². The molecule has 0 atom stereocenters. The van der Waals surface area contributed by atoms with Crippen LogP contribution in [-0.2, 0) is 6.54 Å². The van der Waals surface area contributed by atoms with Gasteiger partial charge in [0.05, 0.1) is 7.11 Å². The first-order chi connectivity index (χ1) is 10.7. The van der Waals surface area contributed by atoms with E-state index in [2.05, 4.69) is 10.3 Å². The predicted molar refractivity (Wildman–Crippen MR) is 84.1 cm³/mol. The molecule has 22 heavy (non-hydrogen) atoms. The molecule has 0 bridgehead atoms. The molecular weight excluding hydrogens is 278 g/mol. The van der Waals surface area contributed by atoms with Crippen molar-refractivity contribution in [1.82, 2.24) is 14.7 Å². The Hall–Kier alpha value is -2.82. The third kappa shape index (κ3) is 2.79. The number of nitrogens with one attached hydrogen (secondary N) is 1. The van der Waals surface area contributed by atoms with Crippen molar-refractivity contribution >= 4 is 11.6 Å². The molecule has 0 aliphatic carbocycles. The van der Waals surface area contributed by atoms with E-state index in [1.165, 1.54) is 0 Å². The van der Waals surface area contributed by atoms with Gasteiger partial charge in [0.1, 0.15) is 17.1 Å². The first-order valence-corrected chi connectivity index (χ1v) is 7.03. The van der Waals surface area contributed by atoms with Crippen LogP contribution in [0.2, 0.25) is 0 Å².